The molecule has 2 aromatic rings. The van der Waals surface area contributed by atoms with Gasteiger partial charge in [0.15, 0.2) is 11.0 Å². The molecule has 16 heavy (non-hydrogen) atoms. The van der Waals surface area contributed by atoms with Crippen molar-refractivity contribution in [1.29, 1.82) is 0 Å². The molecule has 0 unspecified atom stereocenters. The van der Waals surface area contributed by atoms with Crippen LogP contribution in [0.5, 0.6) is 0 Å². The Balaban J connectivity index is 2.31. The van der Waals surface area contributed by atoms with E-state index in [1.165, 1.54) is 18.5 Å². The molecule has 0 radical (unpaired) electrons. The molecule has 1 aromatic carbocycles. The second-order valence-corrected chi connectivity index (χ2v) is 3.42. The second kappa shape index (κ2) is 4.32. The zero-order valence-electron chi connectivity index (χ0n) is 8.11. The lowest BCUT2D eigenvalue weighted by Gasteiger charge is -2.08. The molecule has 1 aromatic heterocycles. The molecular weight excluding hydrogens is 231 g/mol. The van der Waals surface area contributed by atoms with Crippen LogP contribution in [0.2, 0.25) is 5.15 Å². The van der Waals surface area contributed by atoms with Gasteiger partial charge in [-0.3, -0.25) is 0 Å². The topological polar surface area (TPSA) is 63.8 Å². The fourth-order valence-corrected chi connectivity index (χ4v) is 1.31. The van der Waals surface area contributed by atoms with E-state index >= 15 is 0 Å². The van der Waals surface area contributed by atoms with Gasteiger partial charge >= 0.3 is 0 Å². The van der Waals surface area contributed by atoms with Gasteiger partial charge in [-0.2, -0.15) is 0 Å². The smallest absolute Gasteiger partial charge is 0.158 e. The van der Waals surface area contributed by atoms with Crippen LogP contribution in [-0.4, -0.2) is 9.97 Å². The highest BCUT2D eigenvalue weighted by molar-refractivity contribution is 6.32. The third kappa shape index (κ3) is 2.20. The van der Waals surface area contributed by atoms with Crippen molar-refractivity contribution in [3.63, 3.8) is 0 Å². The minimum Gasteiger partial charge on any atom is -0.393 e. The molecule has 0 aliphatic carbocycles. The summed E-state index contributed by atoms with van der Waals surface area (Å²) < 4.78 is 12.9. The number of nitrogens with one attached hydrogen (secondary N) is 1. The Kier molecular flexibility index (Phi) is 2.87. The van der Waals surface area contributed by atoms with Gasteiger partial charge in [-0.25, -0.2) is 14.4 Å². The summed E-state index contributed by atoms with van der Waals surface area (Å²) in [5.41, 5.74) is 6.43. The molecule has 0 saturated heterocycles. The van der Waals surface area contributed by atoms with Gasteiger partial charge in [0, 0.05) is 5.69 Å². The average Bonchev–Trinajstić information content (AvgIpc) is 2.25. The Bertz CT molecular complexity index is 518. The van der Waals surface area contributed by atoms with E-state index < -0.39 is 0 Å². The van der Waals surface area contributed by atoms with Crippen molar-refractivity contribution in [2.24, 2.45) is 0 Å². The largest absolute Gasteiger partial charge is 0.393 e. The van der Waals surface area contributed by atoms with E-state index in [0.29, 0.717) is 11.5 Å². The Morgan fingerprint density at radius 3 is 2.88 bits per heavy atom. The van der Waals surface area contributed by atoms with E-state index in [1.54, 1.807) is 12.1 Å². The van der Waals surface area contributed by atoms with Gasteiger partial charge in [-0.05, 0) is 18.2 Å². The SMILES string of the molecule is Nc1c(Cl)ncnc1Nc1cccc(F)c1. The number of benzene rings is 1. The number of rotatable bonds is 2. The molecule has 0 bridgehead atoms. The van der Waals surface area contributed by atoms with E-state index in [2.05, 4.69) is 15.3 Å². The minimum atomic E-state index is -0.344. The molecule has 1 heterocycles. The van der Waals surface area contributed by atoms with Crippen LogP contribution in [0.3, 0.4) is 0 Å². The number of aromatic nitrogens is 2. The molecule has 3 N–H and O–H groups in total. The summed E-state index contributed by atoms with van der Waals surface area (Å²) >= 11 is 5.72. The van der Waals surface area contributed by atoms with Gasteiger partial charge < -0.3 is 11.1 Å². The first kappa shape index (κ1) is 10.6. The Morgan fingerprint density at radius 1 is 1.31 bits per heavy atom. The highest BCUT2D eigenvalue weighted by atomic mass is 35.5. The second-order valence-electron chi connectivity index (χ2n) is 3.06. The van der Waals surface area contributed by atoms with E-state index in [-0.39, 0.29) is 16.7 Å². The standard InChI is InChI=1S/C10H8ClFN4/c11-9-8(13)10(15-5-14-9)16-7-3-1-2-6(12)4-7/h1-5H,13H2,(H,14,15,16). The molecule has 2 rings (SSSR count). The van der Waals surface area contributed by atoms with Gasteiger partial charge in [0.1, 0.15) is 17.8 Å². The van der Waals surface area contributed by atoms with Gasteiger partial charge in [0.05, 0.1) is 0 Å². The van der Waals surface area contributed by atoms with Crippen molar-refractivity contribution in [1.82, 2.24) is 9.97 Å². The summed E-state index contributed by atoms with van der Waals surface area (Å²) in [4.78, 5) is 7.62. The van der Waals surface area contributed by atoms with E-state index in [0.717, 1.165) is 0 Å². The zero-order valence-corrected chi connectivity index (χ0v) is 8.87. The number of hydrogen-bond acceptors (Lipinski definition) is 4. The average molecular weight is 239 g/mol. The lowest BCUT2D eigenvalue weighted by molar-refractivity contribution is 0.628. The molecular formula is C10H8ClFN4. The molecule has 0 saturated carbocycles. The summed E-state index contributed by atoms with van der Waals surface area (Å²) in [6, 6.07) is 5.95. The Morgan fingerprint density at radius 2 is 2.12 bits per heavy atom. The van der Waals surface area contributed by atoms with Gasteiger partial charge in [0.25, 0.3) is 0 Å². The zero-order chi connectivity index (χ0) is 11.5. The number of halogens is 2. The summed E-state index contributed by atoms with van der Waals surface area (Å²) in [5, 5.41) is 3.01. The first-order valence-electron chi connectivity index (χ1n) is 4.45. The monoisotopic (exact) mass is 238 g/mol. The van der Waals surface area contributed by atoms with E-state index in [9.17, 15) is 4.39 Å². The van der Waals surface area contributed by atoms with Crippen LogP contribution in [-0.2, 0) is 0 Å². The van der Waals surface area contributed by atoms with Crippen LogP contribution in [0, 0.1) is 5.82 Å². The summed E-state index contributed by atoms with van der Waals surface area (Å²) in [6.07, 6.45) is 1.28. The molecule has 0 spiro atoms. The first-order valence-corrected chi connectivity index (χ1v) is 4.83. The molecule has 4 nitrogen and oxygen atoms in total. The van der Waals surface area contributed by atoms with Gasteiger partial charge in [0.2, 0.25) is 0 Å². The fourth-order valence-electron chi connectivity index (χ4n) is 1.18. The van der Waals surface area contributed by atoms with Crippen LogP contribution in [0.25, 0.3) is 0 Å². The molecule has 0 fully saturated rings. The maximum atomic E-state index is 12.9. The molecule has 0 atom stereocenters. The van der Waals surface area contributed by atoms with Gasteiger partial charge in [-0.1, -0.05) is 17.7 Å². The maximum Gasteiger partial charge on any atom is 0.158 e. The van der Waals surface area contributed by atoms with Crippen LogP contribution >= 0.6 is 11.6 Å². The highest BCUT2D eigenvalue weighted by Crippen LogP contribution is 2.25. The van der Waals surface area contributed by atoms with Crippen molar-refractivity contribution in [2.45, 2.75) is 0 Å². The summed E-state index contributed by atoms with van der Waals surface area (Å²) in [5.74, 6) is 0.00863. The van der Waals surface area contributed by atoms with Crippen molar-refractivity contribution >= 4 is 28.8 Å². The lowest BCUT2D eigenvalue weighted by atomic mass is 10.3. The number of hydrogen-bond donors (Lipinski definition) is 2. The van der Waals surface area contributed by atoms with Crippen molar-refractivity contribution in [3.8, 4) is 0 Å². The van der Waals surface area contributed by atoms with Crippen molar-refractivity contribution < 1.29 is 4.39 Å². The molecule has 0 aliphatic rings. The quantitative estimate of drug-likeness (QED) is 0.790. The van der Waals surface area contributed by atoms with E-state index in [1.807, 2.05) is 0 Å². The number of nitrogens with zero attached hydrogens (tertiary/aromatic N) is 2. The van der Waals surface area contributed by atoms with Crippen LogP contribution < -0.4 is 11.1 Å². The Hall–Kier alpha value is -1.88. The van der Waals surface area contributed by atoms with Crippen LogP contribution in [0.4, 0.5) is 21.6 Å². The maximum absolute atomic E-state index is 12.9. The first-order chi connectivity index (χ1) is 7.66. The van der Waals surface area contributed by atoms with Crippen LogP contribution in [0.1, 0.15) is 0 Å². The highest BCUT2D eigenvalue weighted by Gasteiger charge is 2.06. The third-order valence-corrected chi connectivity index (χ3v) is 2.22. The predicted octanol–water partition coefficient (Wildman–Crippen LogP) is 2.59. The number of nitrogens with two attached hydrogens (primary N) is 1. The Labute approximate surface area is 96.3 Å². The van der Waals surface area contributed by atoms with Crippen molar-refractivity contribution in [2.75, 3.05) is 11.1 Å². The summed E-state index contributed by atoms with van der Waals surface area (Å²) in [7, 11) is 0. The molecule has 0 aliphatic heterocycles. The fraction of sp³-hybridized carbons (Fsp3) is 0. The van der Waals surface area contributed by atoms with Crippen molar-refractivity contribution in [3.05, 3.63) is 41.6 Å². The number of anilines is 3. The van der Waals surface area contributed by atoms with Crippen LogP contribution in [0.15, 0.2) is 30.6 Å². The predicted molar refractivity (Wildman–Crippen MR) is 61.1 cm³/mol. The number of nitrogen functional groups attached to an aromatic ring is 1. The lowest BCUT2D eigenvalue weighted by Crippen LogP contribution is -2.01. The molecule has 0 amide bonds. The summed E-state index contributed by atoms with van der Waals surface area (Å²) in [6.45, 7) is 0. The molecule has 6 heteroatoms. The van der Waals surface area contributed by atoms with E-state index in [4.69, 9.17) is 17.3 Å². The minimum absolute atomic E-state index is 0.161. The molecule has 82 valence electrons. The van der Waals surface area contributed by atoms with Gasteiger partial charge in [-0.15, -0.1) is 0 Å². The normalized spacial score (nSPS) is 10.1. The third-order valence-electron chi connectivity index (χ3n) is 1.92.